The predicted molar refractivity (Wildman–Crippen MR) is 73.9 cm³/mol. The summed E-state index contributed by atoms with van der Waals surface area (Å²) in [6.07, 6.45) is 0.507. The Morgan fingerprint density at radius 3 is 2.82 bits per heavy atom. The van der Waals surface area contributed by atoms with Gasteiger partial charge >= 0.3 is 0 Å². The van der Waals surface area contributed by atoms with Crippen molar-refractivity contribution in [3.05, 3.63) is 34.9 Å². The fourth-order valence-corrected chi connectivity index (χ4v) is 3.32. The van der Waals surface area contributed by atoms with Crippen LogP contribution in [-0.2, 0) is 11.2 Å². The minimum absolute atomic E-state index is 0.0735. The summed E-state index contributed by atoms with van der Waals surface area (Å²) in [5, 5.41) is 0.714. The molecule has 1 saturated heterocycles. The lowest BCUT2D eigenvalue weighted by atomic mass is 10.0. The third-order valence-electron chi connectivity index (χ3n) is 3.06. The zero-order valence-electron chi connectivity index (χ0n) is 9.86. The normalized spacial score (nSPS) is 21.4. The number of thioether (sulfide) groups is 1. The van der Waals surface area contributed by atoms with Crippen LogP contribution in [0.4, 0.5) is 0 Å². The van der Waals surface area contributed by atoms with Crippen LogP contribution in [0.15, 0.2) is 24.3 Å². The van der Waals surface area contributed by atoms with Gasteiger partial charge in [-0.1, -0.05) is 23.7 Å². The summed E-state index contributed by atoms with van der Waals surface area (Å²) >= 11 is 7.69. The highest BCUT2D eigenvalue weighted by atomic mass is 35.5. The van der Waals surface area contributed by atoms with Crippen LogP contribution in [0.2, 0.25) is 5.02 Å². The van der Waals surface area contributed by atoms with E-state index in [9.17, 15) is 4.79 Å². The summed E-state index contributed by atoms with van der Waals surface area (Å²) in [6.45, 7) is 1.00. The highest BCUT2D eigenvalue weighted by molar-refractivity contribution is 7.99. The highest BCUT2D eigenvalue weighted by Crippen LogP contribution is 2.17. The zero-order chi connectivity index (χ0) is 12.3. The molecule has 1 aromatic rings. The van der Waals surface area contributed by atoms with Gasteiger partial charge < -0.3 is 0 Å². The first kappa shape index (κ1) is 12.9. The number of likely N-dealkylation sites (N-methyl/N-ethyl adjacent to an activating group) is 1. The van der Waals surface area contributed by atoms with Crippen LogP contribution in [0.1, 0.15) is 5.56 Å². The summed E-state index contributed by atoms with van der Waals surface area (Å²) in [7, 11) is 2.03. The maximum Gasteiger partial charge on any atom is 0.155 e. The molecule has 2 nitrogen and oxygen atoms in total. The second-order valence-electron chi connectivity index (χ2n) is 4.34. The Balaban J connectivity index is 1.98. The molecule has 0 N–H and O–H groups in total. The van der Waals surface area contributed by atoms with E-state index in [1.165, 1.54) is 0 Å². The van der Waals surface area contributed by atoms with Crippen molar-refractivity contribution in [3.63, 3.8) is 0 Å². The van der Waals surface area contributed by atoms with Crippen molar-refractivity contribution in [3.8, 4) is 0 Å². The fourth-order valence-electron chi connectivity index (χ4n) is 1.95. The molecule has 0 bridgehead atoms. The van der Waals surface area contributed by atoms with Gasteiger partial charge in [0.05, 0.1) is 6.04 Å². The van der Waals surface area contributed by atoms with E-state index < -0.39 is 0 Å². The van der Waals surface area contributed by atoms with Gasteiger partial charge in [-0.05, 0) is 24.7 Å². The molecule has 1 unspecified atom stereocenters. The van der Waals surface area contributed by atoms with Gasteiger partial charge in [0.2, 0.25) is 0 Å². The smallest absolute Gasteiger partial charge is 0.155 e. The van der Waals surface area contributed by atoms with Crippen molar-refractivity contribution in [1.29, 1.82) is 0 Å². The predicted octanol–water partition coefficient (Wildman–Crippen LogP) is 2.50. The monoisotopic (exact) mass is 269 g/mol. The van der Waals surface area contributed by atoms with E-state index in [-0.39, 0.29) is 6.04 Å². The second-order valence-corrected chi connectivity index (χ2v) is 5.93. The SMILES string of the molecule is CN1CCSCC1C(=O)Cc1ccc(Cl)cc1. The fraction of sp³-hybridized carbons (Fsp3) is 0.462. The number of halogens is 1. The minimum Gasteiger partial charge on any atom is -0.298 e. The molecule has 1 heterocycles. The van der Waals surface area contributed by atoms with E-state index in [0.29, 0.717) is 17.2 Å². The van der Waals surface area contributed by atoms with E-state index in [2.05, 4.69) is 4.90 Å². The molecule has 1 atom stereocenters. The number of rotatable bonds is 3. The lowest BCUT2D eigenvalue weighted by Crippen LogP contribution is -2.45. The lowest BCUT2D eigenvalue weighted by Gasteiger charge is -2.30. The van der Waals surface area contributed by atoms with Gasteiger partial charge in [0.25, 0.3) is 0 Å². The van der Waals surface area contributed by atoms with Crippen molar-refractivity contribution in [2.45, 2.75) is 12.5 Å². The quantitative estimate of drug-likeness (QED) is 0.841. The Kier molecular flexibility index (Phi) is 4.48. The first-order valence-corrected chi connectivity index (χ1v) is 7.25. The molecule has 1 aromatic carbocycles. The molecule has 0 amide bonds. The molecule has 0 spiro atoms. The summed E-state index contributed by atoms with van der Waals surface area (Å²) in [6, 6.07) is 7.60. The largest absolute Gasteiger partial charge is 0.298 e. The molecule has 4 heteroatoms. The Morgan fingerprint density at radius 2 is 2.18 bits per heavy atom. The second kappa shape index (κ2) is 5.89. The van der Waals surface area contributed by atoms with E-state index in [1.54, 1.807) is 0 Å². The Labute approximate surface area is 111 Å². The number of carbonyl (C=O) groups excluding carboxylic acids is 1. The zero-order valence-corrected chi connectivity index (χ0v) is 11.4. The van der Waals surface area contributed by atoms with Crippen LogP contribution in [0.3, 0.4) is 0 Å². The standard InChI is InChI=1S/C13H16ClNOS/c1-15-6-7-17-9-12(15)13(16)8-10-2-4-11(14)5-3-10/h2-5,12H,6-9H2,1H3. The van der Waals surface area contributed by atoms with Crippen LogP contribution in [0, 0.1) is 0 Å². The maximum absolute atomic E-state index is 12.2. The van der Waals surface area contributed by atoms with Gasteiger partial charge in [-0.3, -0.25) is 9.69 Å². The number of Topliss-reactive ketones (excluding diaryl/α,β-unsaturated/α-hetero) is 1. The van der Waals surface area contributed by atoms with Crippen LogP contribution < -0.4 is 0 Å². The number of hydrogen-bond acceptors (Lipinski definition) is 3. The van der Waals surface area contributed by atoms with Crippen LogP contribution in [0.5, 0.6) is 0 Å². The topological polar surface area (TPSA) is 20.3 Å². The van der Waals surface area contributed by atoms with E-state index >= 15 is 0 Å². The molecule has 0 aromatic heterocycles. The average Bonchev–Trinajstić information content (AvgIpc) is 2.32. The van der Waals surface area contributed by atoms with Gasteiger partial charge in [0, 0.05) is 29.5 Å². The molecule has 92 valence electrons. The number of carbonyl (C=O) groups is 1. The number of hydrogen-bond donors (Lipinski definition) is 0. The molecule has 0 aliphatic carbocycles. The van der Waals surface area contributed by atoms with Crippen LogP contribution in [-0.4, -0.2) is 41.8 Å². The number of nitrogens with zero attached hydrogens (tertiary/aromatic N) is 1. The first-order chi connectivity index (χ1) is 8.16. The third-order valence-corrected chi connectivity index (χ3v) is 4.33. The third kappa shape index (κ3) is 3.47. The Hall–Kier alpha value is -0.510. The van der Waals surface area contributed by atoms with Crippen molar-refractivity contribution >= 4 is 29.1 Å². The van der Waals surface area contributed by atoms with E-state index in [4.69, 9.17) is 11.6 Å². The maximum atomic E-state index is 12.2. The van der Waals surface area contributed by atoms with Gasteiger partial charge in [0.1, 0.15) is 0 Å². The first-order valence-electron chi connectivity index (χ1n) is 5.72. The molecule has 1 aliphatic rings. The van der Waals surface area contributed by atoms with Gasteiger partial charge in [-0.2, -0.15) is 11.8 Å². The molecule has 0 saturated carbocycles. The van der Waals surface area contributed by atoms with E-state index in [0.717, 1.165) is 23.6 Å². The number of benzene rings is 1. The summed E-state index contributed by atoms with van der Waals surface area (Å²) < 4.78 is 0. The molecule has 1 fully saturated rings. The van der Waals surface area contributed by atoms with Gasteiger partial charge in [-0.15, -0.1) is 0 Å². The minimum atomic E-state index is 0.0735. The van der Waals surface area contributed by atoms with Crippen molar-refractivity contribution in [2.24, 2.45) is 0 Å². The van der Waals surface area contributed by atoms with Crippen LogP contribution >= 0.6 is 23.4 Å². The molecule has 1 aliphatic heterocycles. The summed E-state index contributed by atoms with van der Waals surface area (Å²) in [5.74, 6) is 2.35. The van der Waals surface area contributed by atoms with Gasteiger partial charge in [-0.25, -0.2) is 0 Å². The van der Waals surface area contributed by atoms with Crippen molar-refractivity contribution in [2.75, 3.05) is 25.1 Å². The molecular formula is C13H16ClNOS. The Bertz CT molecular complexity index is 393. The Morgan fingerprint density at radius 1 is 1.47 bits per heavy atom. The van der Waals surface area contributed by atoms with Crippen LogP contribution in [0.25, 0.3) is 0 Å². The summed E-state index contributed by atoms with van der Waals surface area (Å²) in [5.41, 5.74) is 1.04. The molecule has 0 radical (unpaired) electrons. The lowest BCUT2D eigenvalue weighted by molar-refractivity contribution is -0.122. The number of ketones is 1. The highest BCUT2D eigenvalue weighted by Gasteiger charge is 2.25. The molecule has 2 rings (SSSR count). The molecule has 17 heavy (non-hydrogen) atoms. The van der Waals surface area contributed by atoms with Gasteiger partial charge in [0.15, 0.2) is 5.78 Å². The summed E-state index contributed by atoms with van der Waals surface area (Å²) in [4.78, 5) is 14.3. The average molecular weight is 270 g/mol. The van der Waals surface area contributed by atoms with Crippen molar-refractivity contribution in [1.82, 2.24) is 4.90 Å². The molecular weight excluding hydrogens is 254 g/mol. The van der Waals surface area contributed by atoms with Crippen molar-refractivity contribution < 1.29 is 4.79 Å². The van der Waals surface area contributed by atoms with E-state index in [1.807, 2.05) is 43.1 Å².